The first-order valence-corrected chi connectivity index (χ1v) is 7.06. The van der Waals surface area contributed by atoms with Crippen LogP contribution in [0.25, 0.3) is 5.69 Å². The number of anilines is 1. The molecule has 2 rings (SSSR count). The lowest BCUT2D eigenvalue weighted by Crippen LogP contribution is -2.41. The van der Waals surface area contributed by atoms with Gasteiger partial charge in [0.05, 0.1) is 29.3 Å². The zero-order valence-electron chi connectivity index (χ0n) is 12.4. The predicted octanol–water partition coefficient (Wildman–Crippen LogP) is 2.85. The van der Waals surface area contributed by atoms with E-state index in [-0.39, 0.29) is 18.0 Å². The number of benzene rings is 1. The number of hydrogen-bond acceptors (Lipinski definition) is 3. The minimum absolute atomic E-state index is 0.112. The molecule has 1 aromatic heterocycles. The first kappa shape index (κ1) is 15.5. The van der Waals surface area contributed by atoms with Crippen molar-refractivity contribution in [2.45, 2.75) is 26.3 Å². The van der Waals surface area contributed by atoms with Crippen LogP contribution in [0, 0.1) is 0 Å². The molecule has 6 heteroatoms. The van der Waals surface area contributed by atoms with Crippen molar-refractivity contribution in [1.82, 2.24) is 14.9 Å². The SMILES string of the molecule is CC(C)(C)NCC(=O)Nc1cccc(Cl)c1-n1ccnc1. The highest BCUT2D eigenvalue weighted by Gasteiger charge is 2.14. The molecule has 0 saturated carbocycles. The molecule has 0 unspecified atom stereocenters. The number of para-hydroxylation sites is 1. The Morgan fingerprint density at radius 3 is 2.76 bits per heavy atom. The van der Waals surface area contributed by atoms with Gasteiger partial charge >= 0.3 is 0 Å². The van der Waals surface area contributed by atoms with Crippen molar-refractivity contribution in [2.24, 2.45) is 0 Å². The summed E-state index contributed by atoms with van der Waals surface area (Å²) >= 11 is 6.24. The van der Waals surface area contributed by atoms with Gasteiger partial charge in [-0.15, -0.1) is 0 Å². The van der Waals surface area contributed by atoms with Gasteiger partial charge in [0.2, 0.25) is 5.91 Å². The Morgan fingerprint density at radius 1 is 1.38 bits per heavy atom. The summed E-state index contributed by atoms with van der Waals surface area (Å²) < 4.78 is 1.77. The van der Waals surface area contributed by atoms with Crippen LogP contribution in [-0.2, 0) is 4.79 Å². The van der Waals surface area contributed by atoms with Crippen LogP contribution in [0.15, 0.2) is 36.9 Å². The molecule has 1 amide bonds. The number of amides is 1. The van der Waals surface area contributed by atoms with E-state index in [4.69, 9.17) is 11.6 Å². The summed E-state index contributed by atoms with van der Waals surface area (Å²) in [5, 5.41) is 6.57. The van der Waals surface area contributed by atoms with Crippen molar-refractivity contribution in [2.75, 3.05) is 11.9 Å². The molecule has 0 aliphatic heterocycles. The van der Waals surface area contributed by atoms with E-state index < -0.39 is 0 Å². The van der Waals surface area contributed by atoms with Gasteiger partial charge in [-0.3, -0.25) is 4.79 Å². The summed E-state index contributed by atoms with van der Waals surface area (Å²) in [4.78, 5) is 16.1. The average Bonchev–Trinajstić information content (AvgIpc) is 2.89. The number of carbonyl (C=O) groups is 1. The Balaban J connectivity index is 2.17. The second-order valence-electron chi connectivity index (χ2n) is 5.76. The molecule has 2 aromatic rings. The molecule has 0 spiro atoms. The molecule has 0 saturated heterocycles. The third kappa shape index (κ3) is 4.31. The van der Waals surface area contributed by atoms with Crippen LogP contribution in [0.3, 0.4) is 0 Å². The number of nitrogens with zero attached hydrogens (tertiary/aromatic N) is 2. The summed E-state index contributed by atoms with van der Waals surface area (Å²) in [7, 11) is 0. The molecule has 0 bridgehead atoms. The zero-order valence-corrected chi connectivity index (χ0v) is 13.1. The van der Waals surface area contributed by atoms with Gasteiger partial charge in [0.25, 0.3) is 0 Å². The van der Waals surface area contributed by atoms with Crippen molar-refractivity contribution in [3.8, 4) is 5.69 Å². The van der Waals surface area contributed by atoms with Crippen molar-refractivity contribution in [3.05, 3.63) is 41.9 Å². The van der Waals surface area contributed by atoms with E-state index in [1.165, 1.54) is 0 Å². The molecule has 2 N–H and O–H groups in total. The van der Waals surface area contributed by atoms with Gasteiger partial charge in [0, 0.05) is 17.9 Å². The van der Waals surface area contributed by atoms with E-state index in [1.54, 1.807) is 35.4 Å². The van der Waals surface area contributed by atoms with Crippen molar-refractivity contribution < 1.29 is 4.79 Å². The number of imidazole rings is 1. The fourth-order valence-corrected chi connectivity index (χ4v) is 2.08. The van der Waals surface area contributed by atoms with Gasteiger partial charge < -0.3 is 15.2 Å². The van der Waals surface area contributed by atoms with E-state index in [1.807, 2.05) is 26.8 Å². The summed E-state index contributed by atoms with van der Waals surface area (Å²) in [6, 6.07) is 5.39. The van der Waals surface area contributed by atoms with Gasteiger partial charge in [-0.1, -0.05) is 17.7 Å². The highest BCUT2D eigenvalue weighted by molar-refractivity contribution is 6.33. The number of rotatable bonds is 4. The van der Waals surface area contributed by atoms with E-state index in [9.17, 15) is 4.79 Å². The van der Waals surface area contributed by atoms with Crippen LogP contribution in [0.4, 0.5) is 5.69 Å². The van der Waals surface area contributed by atoms with Crippen LogP contribution in [0.5, 0.6) is 0 Å². The summed E-state index contributed by atoms with van der Waals surface area (Å²) in [6.45, 7) is 6.27. The molecule has 21 heavy (non-hydrogen) atoms. The number of aromatic nitrogens is 2. The number of carbonyl (C=O) groups excluding carboxylic acids is 1. The van der Waals surface area contributed by atoms with Crippen LogP contribution in [-0.4, -0.2) is 27.5 Å². The summed E-state index contributed by atoms with van der Waals surface area (Å²) in [5.41, 5.74) is 1.25. The quantitative estimate of drug-likeness (QED) is 0.913. The van der Waals surface area contributed by atoms with Crippen molar-refractivity contribution >= 4 is 23.2 Å². The van der Waals surface area contributed by atoms with E-state index in [0.29, 0.717) is 16.4 Å². The molecule has 0 fully saturated rings. The van der Waals surface area contributed by atoms with Crippen LogP contribution in [0.1, 0.15) is 20.8 Å². The van der Waals surface area contributed by atoms with Crippen LogP contribution in [0.2, 0.25) is 5.02 Å². The maximum Gasteiger partial charge on any atom is 0.238 e. The lowest BCUT2D eigenvalue weighted by molar-refractivity contribution is -0.115. The second-order valence-corrected chi connectivity index (χ2v) is 6.16. The van der Waals surface area contributed by atoms with Crippen molar-refractivity contribution in [1.29, 1.82) is 0 Å². The molecule has 5 nitrogen and oxygen atoms in total. The average molecular weight is 307 g/mol. The van der Waals surface area contributed by atoms with Gasteiger partial charge in [-0.05, 0) is 32.9 Å². The zero-order chi connectivity index (χ0) is 15.5. The maximum absolute atomic E-state index is 12.1. The third-order valence-corrected chi connectivity index (χ3v) is 3.11. The number of halogens is 1. The molecule has 0 aliphatic carbocycles. The minimum atomic E-state index is -0.117. The maximum atomic E-state index is 12.1. The monoisotopic (exact) mass is 306 g/mol. The third-order valence-electron chi connectivity index (χ3n) is 2.80. The Morgan fingerprint density at radius 2 is 2.14 bits per heavy atom. The molecule has 1 heterocycles. The van der Waals surface area contributed by atoms with Gasteiger partial charge in [0.1, 0.15) is 0 Å². The number of nitrogens with one attached hydrogen (secondary N) is 2. The smallest absolute Gasteiger partial charge is 0.238 e. The summed E-state index contributed by atoms with van der Waals surface area (Å²) in [6.07, 6.45) is 5.09. The Hall–Kier alpha value is -1.85. The van der Waals surface area contributed by atoms with Crippen LogP contribution >= 0.6 is 11.6 Å². The lowest BCUT2D eigenvalue weighted by atomic mass is 10.1. The van der Waals surface area contributed by atoms with E-state index in [0.717, 1.165) is 0 Å². The molecule has 1 aromatic carbocycles. The molecular formula is C15H19ClN4O. The molecule has 0 radical (unpaired) electrons. The largest absolute Gasteiger partial charge is 0.323 e. The predicted molar refractivity (Wildman–Crippen MR) is 85.0 cm³/mol. The Kier molecular flexibility index (Phi) is 4.65. The van der Waals surface area contributed by atoms with E-state index in [2.05, 4.69) is 15.6 Å². The molecule has 0 atom stereocenters. The van der Waals surface area contributed by atoms with Crippen LogP contribution < -0.4 is 10.6 Å². The van der Waals surface area contributed by atoms with Gasteiger partial charge in [-0.25, -0.2) is 4.98 Å². The van der Waals surface area contributed by atoms with Gasteiger partial charge in [-0.2, -0.15) is 0 Å². The van der Waals surface area contributed by atoms with Crippen molar-refractivity contribution in [3.63, 3.8) is 0 Å². The second kappa shape index (κ2) is 6.28. The fourth-order valence-electron chi connectivity index (χ4n) is 1.81. The topological polar surface area (TPSA) is 59.0 Å². The Bertz CT molecular complexity index is 617. The first-order valence-electron chi connectivity index (χ1n) is 6.68. The number of hydrogen-bond donors (Lipinski definition) is 2. The highest BCUT2D eigenvalue weighted by atomic mass is 35.5. The fraction of sp³-hybridized carbons (Fsp3) is 0.333. The molecule has 112 valence electrons. The minimum Gasteiger partial charge on any atom is -0.323 e. The lowest BCUT2D eigenvalue weighted by Gasteiger charge is -2.20. The normalized spacial score (nSPS) is 11.4. The molecular weight excluding hydrogens is 288 g/mol. The Labute approximate surface area is 129 Å². The van der Waals surface area contributed by atoms with Gasteiger partial charge in [0.15, 0.2) is 0 Å². The highest BCUT2D eigenvalue weighted by Crippen LogP contribution is 2.28. The summed E-state index contributed by atoms with van der Waals surface area (Å²) in [5.74, 6) is -0.117. The molecule has 0 aliphatic rings. The standard InChI is InChI=1S/C15H19ClN4O/c1-15(2,3)18-9-13(21)19-12-6-4-5-11(16)14(12)20-8-7-17-10-20/h4-8,10,18H,9H2,1-3H3,(H,19,21). The first-order chi connectivity index (χ1) is 9.87. The van der Waals surface area contributed by atoms with E-state index >= 15 is 0 Å².